The number of carboxylic acid groups (broad SMARTS) is 1. The van der Waals surface area contributed by atoms with Crippen LogP contribution >= 0.6 is 23.2 Å². The van der Waals surface area contributed by atoms with Gasteiger partial charge in [-0.05, 0) is 49.5 Å². The molecule has 3 atom stereocenters. The van der Waals surface area contributed by atoms with Gasteiger partial charge in [0.05, 0.1) is 29.8 Å². The quantitative estimate of drug-likeness (QED) is 0.185. The molecule has 1 aromatic carbocycles. The highest BCUT2D eigenvalue weighted by Crippen LogP contribution is 2.27. The van der Waals surface area contributed by atoms with E-state index < -0.39 is 59.6 Å². The first-order valence-electron chi connectivity index (χ1n) is 12.4. The van der Waals surface area contributed by atoms with E-state index in [9.17, 15) is 29.1 Å². The summed E-state index contributed by atoms with van der Waals surface area (Å²) in [5.41, 5.74) is 5.52. The van der Waals surface area contributed by atoms with Crippen molar-refractivity contribution in [3.05, 3.63) is 39.9 Å². The third-order valence-corrected chi connectivity index (χ3v) is 6.64. The predicted molar refractivity (Wildman–Crippen MR) is 146 cm³/mol. The lowest BCUT2D eigenvalue weighted by molar-refractivity contribution is -0.142. The van der Waals surface area contributed by atoms with E-state index in [4.69, 9.17) is 33.7 Å². The number of hydrogen-bond donors (Lipinski definition) is 4. The number of ether oxygens (including phenoxy) is 1. The third-order valence-electron chi connectivity index (χ3n) is 6.03. The molecule has 5 N–H and O–H groups in total. The van der Waals surface area contributed by atoms with Crippen LogP contribution in [0.4, 0.5) is 5.69 Å². The van der Waals surface area contributed by atoms with Crippen LogP contribution in [0.5, 0.6) is 0 Å². The highest BCUT2D eigenvalue weighted by atomic mass is 35.5. The summed E-state index contributed by atoms with van der Waals surface area (Å²) in [5, 5.41) is 14.4. The minimum atomic E-state index is -1.23. The zero-order chi connectivity index (χ0) is 29.5. The summed E-state index contributed by atoms with van der Waals surface area (Å²) in [6, 6.07) is 1.34. The van der Waals surface area contributed by atoms with Crippen LogP contribution in [0.3, 0.4) is 0 Å². The van der Waals surface area contributed by atoms with E-state index in [1.165, 1.54) is 23.1 Å². The van der Waals surface area contributed by atoms with Crippen LogP contribution in [0.2, 0.25) is 5.02 Å². The molecule has 1 aliphatic heterocycles. The molecule has 2 rings (SSSR count). The Morgan fingerprint density at radius 3 is 2.46 bits per heavy atom. The maximum Gasteiger partial charge on any atom is 0.349 e. The summed E-state index contributed by atoms with van der Waals surface area (Å²) >= 11 is 12.0. The van der Waals surface area contributed by atoms with Crippen molar-refractivity contribution in [1.82, 2.24) is 15.5 Å². The van der Waals surface area contributed by atoms with Crippen LogP contribution in [0, 0.1) is 5.41 Å². The number of carbonyl (C=O) groups is 5. The molecule has 39 heavy (non-hydrogen) atoms. The Kier molecular flexibility index (Phi) is 11.2. The number of amides is 3. The average Bonchev–Trinajstić information content (AvgIpc) is 3.33. The molecule has 0 saturated carbocycles. The zero-order valence-electron chi connectivity index (χ0n) is 22.3. The minimum Gasteiger partial charge on any atom is -0.481 e. The van der Waals surface area contributed by atoms with Gasteiger partial charge in [0, 0.05) is 12.1 Å². The van der Waals surface area contributed by atoms with Crippen LogP contribution in [-0.2, 0) is 23.9 Å². The molecule has 3 amide bonds. The van der Waals surface area contributed by atoms with E-state index >= 15 is 0 Å². The van der Waals surface area contributed by atoms with Crippen LogP contribution < -0.4 is 16.4 Å². The number of halogens is 2. The third kappa shape index (κ3) is 8.86. The number of benzene rings is 1. The van der Waals surface area contributed by atoms with E-state index in [-0.39, 0.29) is 28.8 Å². The largest absolute Gasteiger partial charge is 0.481 e. The summed E-state index contributed by atoms with van der Waals surface area (Å²) < 4.78 is 4.80. The Labute approximate surface area is 237 Å². The van der Waals surface area contributed by atoms with E-state index in [1.807, 2.05) is 0 Å². The van der Waals surface area contributed by atoms with Gasteiger partial charge in [0.15, 0.2) is 0 Å². The molecule has 0 radical (unpaired) electrons. The monoisotopic (exact) mass is 584 g/mol. The van der Waals surface area contributed by atoms with Gasteiger partial charge in [-0.2, -0.15) is 0 Å². The van der Waals surface area contributed by atoms with Gasteiger partial charge in [-0.25, -0.2) is 4.79 Å². The number of anilines is 1. The molecule has 13 heteroatoms. The van der Waals surface area contributed by atoms with Gasteiger partial charge in [0.25, 0.3) is 5.91 Å². The second kappa shape index (κ2) is 13.7. The van der Waals surface area contributed by atoms with Crippen molar-refractivity contribution in [2.24, 2.45) is 5.41 Å². The number of esters is 1. The lowest BCUT2D eigenvalue weighted by Gasteiger charge is -2.35. The molecule has 0 aliphatic carbocycles. The maximum absolute atomic E-state index is 13.7. The van der Waals surface area contributed by atoms with Crippen LogP contribution in [0.25, 0.3) is 0 Å². The summed E-state index contributed by atoms with van der Waals surface area (Å²) in [4.78, 5) is 64.5. The van der Waals surface area contributed by atoms with E-state index in [1.54, 1.807) is 27.7 Å². The first kappa shape index (κ1) is 31.9. The fraction of sp³-hybridized carbons (Fsp3) is 0.500. The smallest absolute Gasteiger partial charge is 0.349 e. The number of carboxylic acids is 1. The summed E-state index contributed by atoms with van der Waals surface area (Å²) in [6.07, 6.45) is 1.39. The van der Waals surface area contributed by atoms with Gasteiger partial charge in [-0.1, -0.05) is 44.0 Å². The second-order valence-electron chi connectivity index (χ2n) is 10.1. The van der Waals surface area contributed by atoms with Crippen molar-refractivity contribution < 1.29 is 33.8 Å². The van der Waals surface area contributed by atoms with Gasteiger partial charge in [0.2, 0.25) is 11.8 Å². The molecule has 1 aromatic rings. The Morgan fingerprint density at radius 2 is 1.90 bits per heavy atom. The standard InChI is InChI=1S/C26H34Cl2N4O7/c1-5-39-25(38)17(28)12-15(13-20(33)34)30-23(36)19-7-6-10-32(19)24(37)21(26(2,3)4)31-22(35)14-8-9-18(29)16(27)11-14/h8-9,11-12,15,19,21H,5-7,10,13,29H2,1-4H3,(H,30,36)(H,31,35)(H,33,34)/t15-,19-,21-/m1/s1. The maximum atomic E-state index is 13.7. The topological polar surface area (TPSA) is 168 Å². The van der Waals surface area contributed by atoms with Crippen LogP contribution in [-0.4, -0.2) is 70.9 Å². The number of likely N-dealkylation sites (tertiary alicyclic amines) is 1. The molecule has 1 fully saturated rings. The molecule has 0 unspecified atom stereocenters. The van der Waals surface area contributed by atoms with Crippen molar-refractivity contribution in [3.63, 3.8) is 0 Å². The summed E-state index contributed by atoms with van der Waals surface area (Å²) in [6.45, 7) is 7.25. The van der Waals surface area contributed by atoms with Gasteiger partial charge >= 0.3 is 11.9 Å². The number of nitrogens with zero attached hydrogens (tertiary/aromatic N) is 1. The van der Waals surface area contributed by atoms with Gasteiger partial charge in [0.1, 0.15) is 17.1 Å². The molecule has 1 aliphatic rings. The normalized spacial score (nSPS) is 17.2. The first-order chi connectivity index (χ1) is 18.1. The Balaban J connectivity index is 2.25. The molecular weight excluding hydrogens is 551 g/mol. The fourth-order valence-corrected chi connectivity index (χ4v) is 4.45. The van der Waals surface area contributed by atoms with Crippen LogP contribution in [0.1, 0.15) is 57.3 Å². The average molecular weight is 585 g/mol. The molecule has 11 nitrogen and oxygen atoms in total. The molecule has 0 spiro atoms. The summed E-state index contributed by atoms with van der Waals surface area (Å²) in [7, 11) is 0. The lowest BCUT2D eigenvalue weighted by atomic mass is 9.85. The molecular formula is C26H34Cl2N4O7. The number of nitrogen functional groups attached to an aromatic ring is 1. The minimum absolute atomic E-state index is 0.0643. The highest BCUT2D eigenvalue weighted by molar-refractivity contribution is 6.41. The number of rotatable bonds is 10. The Bertz CT molecular complexity index is 1150. The van der Waals surface area contributed by atoms with Gasteiger partial charge in [-0.3, -0.25) is 19.2 Å². The predicted octanol–water partition coefficient (Wildman–Crippen LogP) is 2.70. The zero-order valence-corrected chi connectivity index (χ0v) is 23.8. The number of aliphatic carboxylic acids is 1. The number of nitrogens with two attached hydrogens (primary N) is 1. The number of nitrogens with one attached hydrogen (secondary N) is 2. The van der Waals surface area contributed by atoms with Crippen molar-refractivity contribution >= 4 is 58.5 Å². The van der Waals surface area contributed by atoms with Crippen molar-refractivity contribution in [3.8, 4) is 0 Å². The van der Waals surface area contributed by atoms with Crippen molar-refractivity contribution in [1.29, 1.82) is 0 Å². The molecule has 0 aromatic heterocycles. The molecule has 1 saturated heterocycles. The van der Waals surface area contributed by atoms with Crippen molar-refractivity contribution in [2.45, 2.75) is 65.1 Å². The first-order valence-corrected chi connectivity index (χ1v) is 13.1. The van der Waals surface area contributed by atoms with Crippen LogP contribution in [0.15, 0.2) is 29.3 Å². The highest BCUT2D eigenvalue weighted by Gasteiger charge is 2.42. The Hall–Kier alpha value is -3.31. The number of hydrogen-bond acceptors (Lipinski definition) is 7. The fourth-order valence-electron chi connectivity index (χ4n) is 4.06. The Morgan fingerprint density at radius 1 is 1.23 bits per heavy atom. The van der Waals surface area contributed by atoms with Gasteiger partial charge < -0.3 is 31.1 Å². The van der Waals surface area contributed by atoms with E-state index in [2.05, 4.69) is 10.6 Å². The number of carbonyl (C=O) groups excluding carboxylic acids is 4. The van der Waals surface area contributed by atoms with E-state index in [0.29, 0.717) is 18.5 Å². The van der Waals surface area contributed by atoms with E-state index in [0.717, 1.165) is 6.08 Å². The second-order valence-corrected chi connectivity index (χ2v) is 11.0. The van der Waals surface area contributed by atoms with Gasteiger partial charge in [-0.15, -0.1) is 0 Å². The lowest BCUT2D eigenvalue weighted by Crippen LogP contribution is -2.58. The molecule has 1 heterocycles. The molecule has 214 valence electrons. The SMILES string of the molecule is CCOC(=O)C(Cl)=C[C@H](CC(=O)O)NC(=O)[C@H]1CCCN1C(=O)[C@@H](NC(=O)c1ccc(N)c(Cl)c1)C(C)(C)C. The van der Waals surface area contributed by atoms with Crippen molar-refractivity contribution in [2.75, 3.05) is 18.9 Å². The molecule has 0 bridgehead atoms. The summed E-state index contributed by atoms with van der Waals surface area (Å²) in [5.74, 6) is -3.70.